The molecule has 4 nitrogen and oxygen atoms in total. The molecular weight excluding hydrogens is 375 g/mol. The van der Waals surface area contributed by atoms with E-state index >= 15 is 0 Å². The second-order valence-corrected chi connectivity index (χ2v) is 7.47. The standard InChI is InChI=1S/C16H17ClF3N3OS/c1-8(2)13(14(24)23-15-21-7-9(3)25-15)22-12-5-4-10(6-11(12)17)16(18,19)20/h4-8,13,22H,1-3H3,(H,21,23,24). The van der Waals surface area contributed by atoms with Crippen LogP contribution in [0.15, 0.2) is 24.4 Å². The Morgan fingerprint density at radius 1 is 1.32 bits per heavy atom. The number of aromatic nitrogens is 1. The van der Waals surface area contributed by atoms with Crippen LogP contribution in [-0.4, -0.2) is 16.9 Å². The van der Waals surface area contributed by atoms with Gasteiger partial charge in [0.2, 0.25) is 5.91 Å². The average molecular weight is 392 g/mol. The monoisotopic (exact) mass is 391 g/mol. The Morgan fingerprint density at radius 3 is 2.48 bits per heavy atom. The summed E-state index contributed by atoms with van der Waals surface area (Å²) < 4.78 is 38.1. The molecule has 0 spiro atoms. The van der Waals surface area contributed by atoms with Crippen LogP contribution >= 0.6 is 22.9 Å². The van der Waals surface area contributed by atoms with E-state index in [-0.39, 0.29) is 22.5 Å². The van der Waals surface area contributed by atoms with Gasteiger partial charge in [0.15, 0.2) is 5.13 Å². The van der Waals surface area contributed by atoms with Gasteiger partial charge in [0, 0.05) is 11.1 Å². The second-order valence-electron chi connectivity index (χ2n) is 5.82. The predicted octanol–water partition coefficient (Wildman–Crippen LogP) is 5.20. The highest BCUT2D eigenvalue weighted by Crippen LogP contribution is 2.34. The topological polar surface area (TPSA) is 54.0 Å². The van der Waals surface area contributed by atoms with Crippen LogP contribution in [0, 0.1) is 12.8 Å². The van der Waals surface area contributed by atoms with Crippen molar-refractivity contribution in [2.75, 3.05) is 10.6 Å². The predicted molar refractivity (Wildman–Crippen MR) is 94.2 cm³/mol. The van der Waals surface area contributed by atoms with Gasteiger partial charge in [0.1, 0.15) is 6.04 Å². The highest BCUT2D eigenvalue weighted by atomic mass is 35.5. The molecule has 0 bridgehead atoms. The Labute approximate surface area is 152 Å². The number of nitrogens with one attached hydrogen (secondary N) is 2. The summed E-state index contributed by atoms with van der Waals surface area (Å²) in [5.41, 5.74) is -0.578. The molecule has 2 aromatic rings. The number of aryl methyl sites for hydroxylation is 1. The quantitative estimate of drug-likeness (QED) is 0.736. The minimum Gasteiger partial charge on any atom is -0.372 e. The van der Waals surface area contributed by atoms with Crippen LogP contribution < -0.4 is 10.6 Å². The molecule has 1 aromatic heterocycles. The molecule has 1 aromatic carbocycles. The first-order valence-corrected chi connectivity index (χ1v) is 8.64. The van der Waals surface area contributed by atoms with Crippen molar-refractivity contribution >= 4 is 39.7 Å². The summed E-state index contributed by atoms with van der Waals surface area (Å²) in [5, 5.41) is 5.99. The van der Waals surface area contributed by atoms with E-state index < -0.39 is 17.8 Å². The van der Waals surface area contributed by atoms with E-state index in [9.17, 15) is 18.0 Å². The lowest BCUT2D eigenvalue weighted by Crippen LogP contribution is -2.39. The third kappa shape index (κ3) is 5.09. The lowest BCUT2D eigenvalue weighted by Gasteiger charge is -2.23. The maximum Gasteiger partial charge on any atom is 0.416 e. The molecule has 1 atom stereocenters. The molecule has 0 aliphatic carbocycles. The number of nitrogens with zero attached hydrogens (tertiary/aromatic N) is 1. The normalized spacial score (nSPS) is 13.0. The van der Waals surface area contributed by atoms with E-state index in [1.165, 1.54) is 17.4 Å². The fraction of sp³-hybridized carbons (Fsp3) is 0.375. The summed E-state index contributed by atoms with van der Waals surface area (Å²) in [6.45, 7) is 5.51. The first-order chi connectivity index (χ1) is 11.6. The molecule has 25 heavy (non-hydrogen) atoms. The molecule has 1 amide bonds. The van der Waals surface area contributed by atoms with Crippen LogP contribution in [0.5, 0.6) is 0 Å². The summed E-state index contributed by atoms with van der Waals surface area (Å²) in [5.74, 6) is -0.459. The van der Waals surface area contributed by atoms with Crippen LogP contribution in [0.25, 0.3) is 0 Å². The molecule has 9 heteroatoms. The molecule has 0 fully saturated rings. The SMILES string of the molecule is Cc1cnc(NC(=O)C(Nc2ccc(C(F)(F)F)cc2Cl)C(C)C)s1. The van der Waals surface area contributed by atoms with Crippen LogP contribution in [0.2, 0.25) is 5.02 Å². The van der Waals surface area contributed by atoms with Crippen molar-refractivity contribution < 1.29 is 18.0 Å². The highest BCUT2D eigenvalue weighted by Gasteiger charge is 2.31. The number of rotatable bonds is 5. The number of benzene rings is 1. The lowest BCUT2D eigenvalue weighted by atomic mass is 10.0. The lowest BCUT2D eigenvalue weighted by molar-refractivity contribution is -0.137. The molecular formula is C16H17ClF3N3OS. The van der Waals surface area contributed by atoms with E-state index in [2.05, 4.69) is 15.6 Å². The molecule has 2 N–H and O–H groups in total. The number of thiazole rings is 1. The molecule has 0 aliphatic rings. The van der Waals surface area contributed by atoms with Gasteiger partial charge < -0.3 is 10.6 Å². The van der Waals surface area contributed by atoms with E-state index in [1.807, 2.05) is 20.8 Å². The van der Waals surface area contributed by atoms with Crippen LogP contribution in [0.1, 0.15) is 24.3 Å². The zero-order chi connectivity index (χ0) is 18.8. The van der Waals surface area contributed by atoms with Gasteiger partial charge in [-0.3, -0.25) is 4.79 Å². The zero-order valence-corrected chi connectivity index (χ0v) is 15.3. The molecule has 136 valence electrons. The van der Waals surface area contributed by atoms with Crippen molar-refractivity contribution in [3.63, 3.8) is 0 Å². The fourth-order valence-electron chi connectivity index (χ4n) is 2.11. The Bertz CT molecular complexity index is 761. The summed E-state index contributed by atoms with van der Waals surface area (Å²) in [6, 6.07) is 2.30. The summed E-state index contributed by atoms with van der Waals surface area (Å²) in [6.07, 6.45) is -2.83. The third-order valence-corrected chi connectivity index (χ3v) is 4.55. The molecule has 2 rings (SSSR count). The molecule has 0 aliphatic heterocycles. The first kappa shape index (κ1) is 19.5. The molecule has 1 heterocycles. The maximum absolute atomic E-state index is 12.7. The van der Waals surface area contributed by atoms with Crippen molar-refractivity contribution in [1.29, 1.82) is 0 Å². The van der Waals surface area contributed by atoms with E-state index in [0.717, 1.165) is 17.0 Å². The van der Waals surface area contributed by atoms with Crippen LogP contribution in [0.4, 0.5) is 24.0 Å². The van der Waals surface area contributed by atoms with Gasteiger partial charge in [0.05, 0.1) is 16.3 Å². The number of hydrogen-bond donors (Lipinski definition) is 2. The number of halogens is 4. The largest absolute Gasteiger partial charge is 0.416 e. The zero-order valence-electron chi connectivity index (χ0n) is 13.7. The average Bonchev–Trinajstić information content (AvgIpc) is 2.89. The van der Waals surface area contributed by atoms with Gasteiger partial charge in [-0.25, -0.2) is 4.98 Å². The first-order valence-electron chi connectivity index (χ1n) is 7.44. The van der Waals surface area contributed by atoms with Crippen molar-refractivity contribution in [1.82, 2.24) is 4.98 Å². The van der Waals surface area contributed by atoms with Gasteiger partial charge in [-0.05, 0) is 31.0 Å². The second kappa shape index (κ2) is 7.61. The number of alkyl halides is 3. The molecule has 0 saturated heterocycles. The van der Waals surface area contributed by atoms with Gasteiger partial charge in [-0.2, -0.15) is 13.2 Å². The van der Waals surface area contributed by atoms with Crippen molar-refractivity contribution in [2.24, 2.45) is 5.92 Å². The molecule has 1 unspecified atom stereocenters. The van der Waals surface area contributed by atoms with Crippen molar-refractivity contribution in [2.45, 2.75) is 33.0 Å². The fourth-order valence-corrected chi connectivity index (χ4v) is 3.01. The van der Waals surface area contributed by atoms with E-state index in [0.29, 0.717) is 5.13 Å². The number of amides is 1. The van der Waals surface area contributed by atoms with Gasteiger partial charge in [-0.1, -0.05) is 25.4 Å². The van der Waals surface area contributed by atoms with Crippen molar-refractivity contribution in [3.8, 4) is 0 Å². The molecule has 0 saturated carbocycles. The Balaban J connectivity index is 2.17. The number of carbonyl (C=O) groups excluding carboxylic acids is 1. The van der Waals surface area contributed by atoms with Gasteiger partial charge in [-0.15, -0.1) is 11.3 Å². The Morgan fingerprint density at radius 2 is 2.00 bits per heavy atom. The maximum atomic E-state index is 12.7. The van der Waals surface area contributed by atoms with Crippen molar-refractivity contribution in [3.05, 3.63) is 39.9 Å². The summed E-state index contributed by atoms with van der Waals surface area (Å²) in [7, 11) is 0. The van der Waals surface area contributed by atoms with Gasteiger partial charge in [0.25, 0.3) is 0 Å². The van der Waals surface area contributed by atoms with E-state index in [1.54, 1.807) is 6.20 Å². The van der Waals surface area contributed by atoms with Crippen LogP contribution in [0.3, 0.4) is 0 Å². The summed E-state index contributed by atoms with van der Waals surface area (Å²) in [4.78, 5) is 17.5. The Kier molecular flexibility index (Phi) is 5.95. The number of anilines is 2. The van der Waals surface area contributed by atoms with Crippen LogP contribution in [-0.2, 0) is 11.0 Å². The minimum atomic E-state index is -4.47. The molecule has 0 radical (unpaired) electrons. The minimum absolute atomic E-state index is 0.0987. The van der Waals surface area contributed by atoms with E-state index in [4.69, 9.17) is 11.6 Å². The highest BCUT2D eigenvalue weighted by molar-refractivity contribution is 7.15. The van der Waals surface area contributed by atoms with Gasteiger partial charge >= 0.3 is 6.18 Å². The third-order valence-electron chi connectivity index (χ3n) is 3.41. The summed E-state index contributed by atoms with van der Waals surface area (Å²) >= 11 is 7.29. The smallest absolute Gasteiger partial charge is 0.372 e. The Hall–Kier alpha value is -1.80. The number of carbonyl (C=O) groups is 1. The number of hydrogen-bond acceptors (Lipinski definition) is 4.